The van der Waals surface area contributed by atoms with E-state index in [4.69, 9.17) is 23.2 Å². The Balaban J connectivity index is 2.28. The van der Waals surface area contributed by atoms with Gasteiger partial charge in [-0.05, 0) is 52.3 Å². The molecule has 1 N–H and O–H groups in total. The summed E-state index contributed by atoms with van der Waals surface area (Å²) < 4.78 is 1.53. The van der Waals surface area contributed by atoms with Crippen LogP contribution in [0.3, 0.4) is 0 Å². The summed E-state index contributed by atoms with van der Waals surface area (Å²) >= 11 is 18.4. The van der Waals surface area contributed by atoms with Crippen molar-refractivity contribution in [3.05, 3.63) is 61.0 Å². The van der Waals surface area contributed by atoms with E-state index in [1.165, 1.54) is 0 Å². The Bertz CT molecular complexity index is 626. The second-order valence-corrected chi connectivity index (χ2v) is 6.38. The van der Waals surface area contributed by atoms with E-state index in [0.717, 1.165) is 4.47 Å². The van der Waals surface area contributed by atoms with Crippen molar-refractivity contribution in [2.24, 2.45) is 0 Å². The van der Waals surface area contributed by atoms with Crippen molar-refractivity contribution < 1.29 is 4.79 Å². The molecule has 0 aliphatic rings. The van der Waals surface area contributed by atoms with Crippen LogP contribution in [0.1, 0.15) is 10.4 Å². The number of anilines is 1. The molecule has 0 saturated carbocycles. The van der Waals surface area contributed by atoms with E-state index in [1.807, 2.05) is 6.07 Å². The Hall–Kier alpha value is -0.550. The van der Waals surface area contributed by atoms with Crippen LogP contribution in [0.25, 0.3) is 0 Å². The second kappa shape index (κ2) is 6.27. The number of carbonyl (C=O) groups is 1. The Morgan fingerprint density at radius 3 is 2.26 bits per heavy atom. The van der Waals surface area contributed by atoms with E-state index in [2.05, 4.69) is 37.2 Å². The standard InChI is InChI=1S/C13H7Br2Cl2NO/c14-7-1-2-12(15)11(3-7)13(19)18-10-5-8(16)4-9(17)6-10/h1-6H,(H,18,19). The van der Waals surface area contributed by atoms with Gasteiger partial charge in [0.2, 0.25) is 0 Å². The van der Waals surface area contributed by atoms with Crippen LogP contribution in [-0.2, 0) is 0 Å². The minimum atomic E-state index is -0.244. The Labute approximate surface area is 137 Å². The molecule has 0 radical (unpaired) electrons. The smallest absolute Gasteiger partial charge is 0.256 e. The molecule has 6 heteroatoms. The molecule has 2 rings (SSSR count). The number of carbonyl (C=O) groups excluding carboxylic acids is 1. The largest absolute Gasteiger partial charge is 0.322 e. The van der Waals surface area contributed by atoms with Crippen LogP contribution in [-0.4, -0.2) is 5.91 Å². The van der Waals surface area contributed by atoms with Gasteiger partial charge in [0.05, 0.1) is 5.56 Å². The van der Waals surface area contributed by atoms with Gasteiger partial charge in [-0.1, -0.05) is 39.1 Å². The van der Waals surface area contributed by atoms with Gasteiger partial charge in [-0.3, -0.25) is 4.79 Å². The number of nitrogens with one attached hydrogen (secondary N) is 1. The highest BCUT2D eigenvalue weighted by Crippen LogP contribution is 2.25. The van der Waals surface area contributed by atoms with Crippen LogP contribution in [0.2, 0.25) is 10.0 Å². The van der Waals surface area contributed by atoms with E-state index in [1.54, 1.807) is 30.3 Å². The van der Waals surface area contributed by atoms with E-state index in [9.17, 15) is 4.79 Å². The predicted octanol–water partition coefficient (Wildman–Crippen LogP) is 5.77. The first-order valence-corrected chi connectivity index (χ1v) is 7.52. The molecule has 0 aliphatic heterocycles. The summed E-state index contributed by atoms with van der Waals surface area (Å²) in [6.07, 6.45) is 0. The lowest BCUT2D eigenvalue weighted by Crippen LogP contribution is -2.12. The van der Waals surface area contributed by atoms with Gasteiger partial charge in [0.25, 0.3) is 5.91 Å². The van der Waals surface area contributed by atoms with Crippen molar-refractivity contribution in [1.29, 1.82) is 0 Å². The average Bonchev–Trinajstić information content (AvgIpc) is 2.30. The summed E-state index contributed by atoms with van der Waals surface area (Å²) in [6.45, 7) is 0. The van der Waals surface area contributed by atoms with Crippen LogP contribution in [0.5, 0.6) is 0 Å². The van der Waals surface area contributed by atoms with E-state index in [-0.39, 0.29) is 5.91 Å². The topological polar surface area (TPSA) is 29.1 Å². The first kappa shape index (κ1) is 14.9. The lowest BCUT2D eigenvalue weighted by Gasteiger charge is -2.08. The first-order chi connectivity index (χ1) is 8.95. The van der Waals surface area contributed by atoms with Gasteiger partial charge in [-0.2, -0.15) is 0 Å². The zero-order valence-corrected chi connectivity index (χ0v) is 14.1. The van der Waals surface area contributed by atoms with Crippen molar-refractivity contribution in [3.63, 3.8) is 0 Å². The molecule has 98 valence electrons. The number of hydrogen-bond acceptors (Lipinski definition) is 1. The van der Waals surface area contributed by atoms with E-state index >= 15 is 0 Å². The monoisotopic (exact) mass is 421 g/mol. The fourth-order valence-electron chi connectivity index (χ4n) is 1.50. The molecule has 0 heterocycles. The normalized spacial score (nSPS) is 10.3. The maximum absolute atomic E-state index is 12.2. The molecule has 0 spiro atoms. The molecule has 0 aromatic heterocycles. The lowest BCUT2D eigenvalue weighted by atomic mass is 10.2. The van der Waals surface area contributed by atoms with Crippen molar-refractivity contribution in [2.75, 3.05) is 5.32 Å². The predicted molar refractivity (Wildman–Crippen MR) is 86.3 cm³/mol. The van der Waals surface area contributed by atoms with Crippen LogP contribution < -0.4 is 5.32 Å². The molecule has 2 nitrogen and oxygen atoms in total. The van der Waals surface area contributed by atoms with Gasteiger partial charge in [0, 0.05) is 24.7 Å². The molecule has 0 fully saturated rings. The summed E-state index contributed by atoms with van der Waals surface area (Å²) in [5, 5.41) is 3.69. The lowest BCUT2D eigenvalue weighted by molar-refractivity contribution is 0.102. The summed E-state index contributed by atoms with van der Waals surface area (Å²) in [6, 6.07) is 10.2. The maximum atomic E-state index is 12.2. The highest BCUT2D eigenvalue weighted by atomic mass is 79.9. The Morgan fingerprint density at radius 2 is 1.63 bits per heavy atom. The molecule has 0 unspecified atom stereocenters. The molecular weight excluding hydrogens is 417 g/mol. The number of hydrogen-bond donors (Lipinski definition) is 1. The highest BCUT2D eigenvalue weighted by molar-refractivity contribution is 9.11. The third-order valence-electron chi connectivity index (χ3n) is 2.29. The van der Waals surface area contributed by atoms with Crippen LogP contribution in [0.15, 0.2) is 45.3 Å². The minimum absolute atomic E-state index is 0.244. The van der Waals surface area contributed by atoms with Crippen molar-refractivity contribution in [3.8, 4) is 0 Å². The van der Waals surface area contributed by atoms with Crippen LogP contribution in [0, 0.1) is 0 Å². The highest BCUT2D eigenvalue weighted by Gasteiger charge is 2.11. The Kier molecular flexibility index (Phi) is 4.90. The van der Waals surface area contributed by atoms with Gasteiger partial charge in [0.15, 0.2) is 0 Å². The number of amides is 1. The summed E-state index contributed by atoms with van der Waals surface area (Å²) in [5.74, 6) is -0.244. The fourth-order valence-corrected chi connectivity index (χ4v) is 2.81. The summed E-state index contributed by atoms with van der Waals surface area (Å²) in [5.41, 5.74) is 1.07. The first-order valence-electron chi connectivity index (χ1n) is 5.18. The minimum Gasteiger partial charge on any atom is -0.322 e. The SMILES string of the molecule is O=C(Nc1cc(Cl)cc(Cl)c1)c1cc(Br)ccc1Br. The molecule has 0 saturated heterocycles. The van der Waals surface area contributed by atoms with E-state index in [0.29, 0.717) is 25.8 Å². The van der Waals surface area contributed by atoms with Gasteiger partial charge in [0.1, 0.15) is 0 Å². The molecule has 0 atom stereocenters. The van der Waals surface area contributed by atoms with E-state index < -0.39 is 0 Å². The van der Waals surface area contributed by atoms with Gasteiger partial charge < -0.3 is 5.32 Å². The van der Waals surface area contributed by atoms with Gasteiger partial charge >= 0.3 is 0 Å². The van der Waals surface area contributed by atoms with Crippen molar-refractivity contribution in [1.82, 2.24) is 0 Å². The second-order valence-electron chi connectivity index (χ2n) is 3.74. The van der Waals surface area contributed by atoms with Crippen LogP contribution in [0.4, 0.5) is 5.69 Å². The number of rotatable bonds is 2. The molecule has 2 aromatic carbocycles. The number of halogens is 4. The molecule has 19 heavy (non-hydrogen) atoms. The third kappa shape index (κ3) is 3.96. The average molecular weight is 424 g/mol. The van der Waals surface area contributed by atoms with Crippen molar-refractivity contribution >= 4 is 66.7 Å². The van der Waals surface area contributed by atoms with Gasteiger partial charge in [-0.25, -0.2) is 0 Å². The van der Waals surface area contributed by atoms with Crippen molar-refractivity contribution in [2.45, 2.75) is 0 Å². The molecule has 2 aromatic rings. The fraction of sp³-hybridized carbons (Fsp3) is 0. The van der Waals surface area contributed by atoms with Crippen LogP contribution >= 0.6 is 55.1 Å². The number of benzene rings is 2. The molecule has 0 aliphatic carbocycles. The molecular formula is C13H7Br2Cl2NO. The zero-order chi connectivity index (χ0) is 14.0. The zero-order valence-electron chi connectivity index (χ0n) is 9.38. The Morgan fingerprint density at radius 1 is 1.00 bits per heavy atom. The van der Waals surface area contributed by atoms with Gasteiger partial charge in [-0.15, -0.1) is 0 Å². The quantitative estimate of drug-likeness (QED) is 0.652. The molecule has 0 bridgehead atoms. The maximum Gasteiger partial charge on any atom is 0.256 e. The summed E-state index contributed by atoms with van der Waals surface area (Å²) in [7, 11) is 0. The third-order valence-corrected chi connectivity index (χ3v) is 3.91. The molecule has 1 amide bonds. The summed E-state index contributed by atoms with van der Waals surface area (Å²) in [4.78, 5) is 12.2.